The average Bonchev–Trinajstić information content (AvgIpc) is 2.31. The van der Waals surface area contributed by atoms with Crippen molar-refractivity contribution in [2.24, 2.45) is 0 Å². The molecule has 0 atom stereocenters. The van der Waals surface area contributed by atoms with E-state index in [-0.39, 0.29) is 22.8 Å². The fourth-order valence-corrected chi connectivity index (χ4v) is 3.26. The summed E-state index contributed by atoms with van der Waals surface area (Å²) in [6, 6.07) is 1.61. The Morgan fingerprint density at radius 2 is 1.75 bits per heavy atom. The highest BCUT2D eigenvalue weighted by Gasteiger charge is 2.30. The molecule has 1 aromatic rings. The van der Waals surface area contributed by atoms with Crippen molar-refractivity contribution in [2.75, 3.05) is 13.1 Å². The van der Waals surface area contributed by atoms with Crippen LogP contribution in [0.4, 0.5) is 0 Å². The van der Waals surface area contributed by atoms with Crippen molar-refractivity contribution in [3.63, 3.8) is 0 Å². The molecule has 0 amide bonds. The van der Waals surface area contributed by atoms with Gasteiger partial charge in [-0.25, -0.2) is 18.4 Å². The van der Waals surface area contributed by atoms with Crippen LogP contribution in [0.25, 0.3) is 0 Å². The number of rotatable bonds is 2. The van der Waals surface area contributed by atoms with Crippen LogP contribution in [0.1, 0.15) is 12.8 Å². The Balaban J connectivity index is 0.00000128. The molecule has 1 saturated heterocycles. The van der Waals surface area contributed by atoms with Gasteiger partial charge in [-0.05, 0) is 32.0 Å². The van der Waals surface area contributed by atoms with E-state index in [4.69, 9.17) is 0 Å². The SMILES string of the molecule is Cl.O=S(=O)(c1ncccn1)C1CCNCC1. The quantitative estimate of drug-likeness (QED) is 0.784. The lowest BCUT2D eigenvalue weighted by atomic mass is 10.2. The third kappa shape index (κ3) is 2.69. The lowest BCUT2D eigenvalue weighted by molar-refractivity contribution is 0.492. The number of nitrogens with one attached hydrogen (secondary N) is 1. The maximum atomic E-state index is 12.0. The predicted octanol–water partition coefficient (Wildman–Crippen LogP) is 0.424. The van der Waals surface area contributed by atoms with E-state index in [9.17, 15) is 8.42 Å². The standard InChI is InChI=1S/C9H13N3O2S.ClH/c13-15(14,8-2-6-10-7-3-8)9-11-4-1-5-12-9;/h1,4-5,8,10H,2-3,6-7H2;1H. The number of sulfone groups is 1. The second-order valence-electron chi connectivity index (χ2n) is 3.53. The zero-order chi connectivity index (χ0) is 10.7. The number of piperidine rings is 1. The maximum Gasteiger partial charge on any atom is 0.247 e. The number of hydrogen-bond acceptors (Lipinski definition) is 5. The Morgan fingerprint density at radius 3 is 2.31 bits per heavy atom. The summed E-state index contributed by atoms with van der Waals surface area (Å²) in [5, 5.41) is 2.76. The van der Waals surface area contributed by atoms with E-state index in [0.717, 1.165) is 13.1 Å². The first kappa shape index (κ1) is 13.3. The molecule has 16 heavy (non-hydrogen) atoms. The molecule has 90 valence electrons. The molecule has 1 aliphatic rings. The first-order chi connectivity index (χ1) is 7.21. The van der Waals surface area contributed by atoms with E-state index >= 15 is 0 Å². The minimum Gasteiger partial charge on any atom is -0.317 e. The molecule has 1 aliphatic heterocycles. The number of hydrogen-bond donors (Lipinski definition) is 1. The normalized spacial score (nSPS) is 17.8. The second kappa shape index (κ2) is 5.56. The molecule has 0 bridgehead atoms. The Morgan fingerprint density at radius 1 is 1.19 bits per heavy atom. The fraction of sp³-hybridized carbons (Fsp3) is 0.556. The van der Waals surface area contributed by atoms with Gasteiger partial charge in [0.1, 0.15) is 0 Å². The molecule has 1 fully saturated rings. The van der Waals surface area contributed by atoms with Gasteiger partial charge < -0.3 is 5.32 Å². The summed E-state index contributed by atoms with van der Waals surface area (Å²) in [6.07, 6.45) is 4.20. The van der Waals surface area contributed by atoms with Crippen molar-refractivity contribution < 1.29 is 8.42 Å². The predicted molar refractivity (Wildman–Crippen MR) is 62.4 cm³/mol. The van der Waals surface area contributed by atoms with Crippen LogP contribution in [0.5, 0.6) is 0 Å². The highest BCUT2D eigenvalue weighted by Crippen LogP contribution is 2.18. The van der Waals surface area contributed by atoms with Gasteiger partial charge in [-0.1, -0.05) is 0 Å². The van der Waals surface area contributed by atoms with Crippen molar-refractivity contribution in [1.82, 2.24) is 15.3 Å². The molecule has 0 aliphatic carbocycles. The molecule has 2 rings (SSSR count). The molecule has 0 unspecified atom stereocenters. The molecule has 0 saturated carbocycles. The first-order valence-electron chi connectivity index (χ1n) is 4.93. The molecule has 0 aromatic carbocycles. The van der Waals surface area contributed by atoms with Crippen molar-refractivity contribution in [1.29, 1.82) is 0 Å². The van der Waals surface area contributed by atoms with Crippen LogP contribution in [0.15, 0.2) is 23.6 Å². The summed E-state index contributed by atoms with van der Waals surface area (Å²) in [4.78, 5) is 7.61. The van der Waals surface area contributed by atoms with Crippen LogP contribution in [0.2, 0.25) is 0 Å². The number of halogens is 1. The summed E-state index contributed by atoms with van der Waals surface area (Å²) in [7, 11) is -3.32. The van der Waals surface area contributed by atoms with E-state index < -0.39 is 9.84 Å². The topological polar surface area (TPSA) is 72.0 Å². The van der Waals surface area contributed by atoms with E-state index in [1.54, 1.807) is 6.07 Å². The summed E-state index contributed by atoms with van der Waals surface area (Å²) in [5.41, 5.74) is 0. The molecular weight excluding hydrogens is 250 g/mol. The maximum absolute atomic E-state index is 12.0. The van der Waals surface area contributed by atoms with Gasteiger partial charge in [-0.15, -0.1) is 12.4 Å². The summed E-state index contributed by atoms with van der Waals surface area (Å²) in [6.45, 7) is 1.49. The lowest BCUT2D eigenvalue weighted by Gasteiger charge is -2.21. The minimum atomic E-state index is -3.32. The van der Waals surface area contributed by atoms with Crippen LogP contribution >= 0.6 is 12.4 Å². The van der Waals surface area contributed by atoms with E-state index in [1.165, 1.54) is 12.4 Å². The third-order valence-corrected chi connectivity index (χ3v) is 4.59. The van der Waals surface area contributed by atoms with E-state index in [0.29, 0.717) is 12.8 Å². The van der Waals surface area contributed by atoms with Crippen LogP contribution in [0.3, 0.4) is 0 Å². The molecule has 5 nitrogen and oxygen atoms in total. The van der Waals surface area contributed by atoms with Crippen molar-refractivity contribution in [3.8, 4) is 0 Å². The summed E-state index contributed by atoms with van der Waals surface area (Å²) < 4.78 is 24.1. The second-order valence-corrected chi connectivity index (χ2v) is 5.65. The number of nitrogens with zero attached hydrogens (tertiary/aromatic N) is 2. The Hall–Kier alpha value is -0.720. The van der Waals surface area contributed by atoms with Crippen LogP contribution in [0, 0.1) is 0 Å². The van der Waals surface area contributed by atoms with Gasteiger partial charge in [0.05, 0.1) is 5.25 Å². The van der Waals surface area contributed by atoms with Crippen LogP contribution in [-0.4, -0.2) is 36.7 Å². The molecule has 1 aromatic heterocycles. The molecule has 0 spiro atoms. The fourth-order valence-electron chi connectivity index (χ4n) is 1.69. The highest BCUT2D eigenvalue weighted by molar-refractivity contribution is 7.91. The van der Waals surface area contributed by atoms with Crippen LogP contribution < -0.4 is 5.32 Å². The van der Waals surface area contributed by atoms with Gasteiger partial charge in [-0.2, -0.15) is 0 Å². The number of aromatic nitrogens is 2. The van der Waals surface area contributed by atoms with E-state index in [1.807, 2.05) is 0 Å². The largest absolute Gasteiger partial charge is 0.317 e. The van der Waals surface area contributed by atoms with Gasteiger partial charge in [-0.3, -0.25) is 0 Å². The van der Waals surface area contributed by atoms with Crippen LogP contribution in [-0.2, 0) is 9.84 Å². The highest BCUT2D eigenvalue weighted by atomic mass is 35.5. The molecule has 2 heterocycles. The first-order valence-corrected chi connectivity index (χ1v) is 6.47. The molecular formula is C9H14ClN3O2S. The Bertz CT molecular complexity index is 418. The monoisotopic (exact) mass is 263 g/mol. The zero-order valence-corrected chi connectivity index (χ0v) is 10.3. The van der Waals surface area contributed by atoms with E-state index in [2.05, 4.69) is 15.3 Å². The molecule has 0 radical (unpaired) electrons. The molecule has 7 heteroatoms. The Labute approximate surface area is 101 Å². The average molecular weight is 264 g/mol. The van der Waals surface area contributed by atoms with Gasteiger partial charge >= 0.3 is 0 Å². The smallest absolute Gasteiger partial charge is 0.247 e. The zero-order valence-electron chi connectivity index (χ0n) is 8.67. The van der Waals surface area contributed by atoms with Gasteiger partial charge in [0.25, 0.3) is 0 Å². The Kier molecular flexibility index (Phi) is 4.64. The third-order valence-electron chi connectivity index (χ3n) is 2.52. The summed E-state index contributed by atoms with van der Waals surface area (Å²) in [5.74, 6) is 0. The van der Waals surface area contributed by atoms with Gasteiger partial charge in [0.2, 0.25) is 15.0 Å². The van der Waals surface area contributed by atoms with Crippen molar-refractivity contribution in [3.05, 3.63) is 18.5 Å². The minimum absolute atomic E-state index is 0. The molecule has 1 N–H and O–H groups in total. The van der Waals surface area contributed by atoms with Crippen molar-refractivity contribution in [2.45, 2.75) is 23.2 Å². The summed E-state index contributed by atoms with van der Waals surface area (Å²) >= 11 is 0. The lowest BCUT2D eigenvalue weighted by Crippen LogP contribution is -2.36. The van der Waals surface area contributed by atoms with Gasteiger partial charge in [0.15, 0.2) is 0 Å². The van der Waals surface area contributed by atoms with Gasteiger partial charge in [0, 0.05) is 12.4 Å². The van der Waals surface area contributed by atoms with Crippen molar-refractivity contribution >= 4 is 22.2 Å².